The minimum Gasteiger partial charge on any atom is -0.398 e. The fraction of sp³-hybridized carbons (Fsp3) is 0.500. The SMILES string of the molecule is CCC(C)[C@@H](O)[C@@H](N)c1cc(Cl)ccc1N. The summed E-state index contributed by atoms with van der Waals surface area (Å²) in [6.45, 7) is 3.98. The van der Waals surface area contributed by atoms with Crippen LogP contribution in [0.2, 0.25) is 5.02 Å². The van der Waals surface area contributed by atoms with E-state index in [9.17, 15) is 5.11 Å². The van der Waals surface area contributed by atoms with Gasteiger partial charge in [0.1, 0.15) is 0 Å². The fourth-order valence-electron chi connectivity index (χ4n) is 1.61. The summed E-state index contributed by atoms with van der Waals surface area (Å²) >= 11 is 5.89. The summed E-state index contributed by atoms with van der Waals surface area (Å²) in [5.41, 5.74) is 13.1. The molecule has 4 heteroatoms. The molecule has 1 aromatic rings. The Hall–Kier alpha value is -0.770. The third kappa shape index (κ3) is 2.88. The zero-order valence-corrected chi connectivity index (χ0v) is 10.4. The van der Waals surface area contributed by atoms with Crippen LogP contribution in [0.15, 0.2) is 18.2 Å². The van der Waals surface area contributed by atoms with E-state index < -0.39 is 12.1 Å². The van der Waals surface area contributed by atoms with E-state index in [1.165, 1.54) is 0 Å². The predicted octanol–water partition coefficient (Wildman–Crippen LogP) is 2.33. The lowest BCUT2D eigenvalue weighted by atomic mass is 9.91. The van der Waals surface area contributed by atoms with Crippen LogP contribution in [-0.4, -0.2) is 11.2 Å². The lowest BCUT2D eigenvalue weighted by Crippen LogP contribution is -2.32. The average Bonchev–Trinajstić information content (AvgIpc) is 2.29. The second kappa shape index (κ2) is 5.53. The monoisotopic (exact) mass is 242 g/mol. The van der Waals surface area contributed by atoms with Crippen molar-refractivity contribution >= 4 is 17.3 Å². The Morgan fingerprint density at radius 3 is 2.62 bits per heavy atom. The van der Waals surface area contributed by atoms with E-state index in [4.69, 9.17) is 23.1 Å². The molecule has 3 atom stereocenters. The zero-order valence-electron chi connectivity index (χ0n) is 9.65. The number of anilines is 1. The molecule has 0 spiro atoms. The van der Waals surface area contributed by atoms with Crippen molar-refractivity contribution in [2.24, 2.45) is 11.7 Å². The van der Waals surface area contributed by atoms with Crippen molar-refractivity contribution in [2.45, 2.75) is 32.4 Å². The molecule has 16 heavy (non-hydrogen) atoms. The molecule has 0 heterocycles. The second-order valence-corrected chi connectivity index (χ2v) is 4.61. The van der Waals surface area contributed by atoms with Crippen LogP contribution in [-0.2, 0) is 0 Å². The van der Waals surface area contributed by atoms with Gasteiger partial charge in [0.05, 0.1) is 12.1 Å². The number of nitrogen functional groups attached to an aromatic ring is 1. The summed E-state index contributed by atoms with van der Waals surface area (Å²) in [7, 11) is 0. The van der Waals surface area contributed by atoms with E-state index in [1.807, 2.05) is 13.8 Å². The number of aliphatic hydroxyl groups is 1. The molecular formula is C12H19ClN2O. The van der Waals surface area contributed by atoms with Crippen molar-refractivity contribution in [3.63, 3.8) is 0 Å². The third-order valence-electron chi connectivity index (χ3n) is 3.00. The molecule has 90 valence electrons. The van der Waals surface area contributed by atoms with Crippen LogP contribution in [0.4, 0.5) is 5.69 Å². The number of aliphatic hydroxyl groups excluding tert-OH is 1. The normalized spacial score (nSPS) is 16.8. The van der Waals surface area contributed by atoms with Crippen molar-refractivity contribution in [1.82, 2.24) is 0 Å². The van der Waals surface area contributed by atoms with E-state index in [1.54, 1.807) is 18.2 Å². The van der Waals surface area contributed by atoms with Crippen LogP contribution in [0.25, 0.3) is 0 Å². The maximum absolute atomic E-state index is 10.0. The number of nitrogens with two attached hydrogens (primary N) is 2. The highest BCUT2D eigenvalue weighted by Gasteiger charge is 2.23. The van der Waals surface area contributed by atoms with Crippen molar-refractivity contribution < 1.29 is 5.11 Å². The molecular weight excluding hydrogens is 224 g/mol. The molecule has 0 saturated carbocycles. The van der Waals surface area contributed by atoms with Gasteiger partial charge >= 0.3 is 0 Å². The first-order valence-corrected chi connectivity index (χ1v) is 5.83. The maximum Gasteiger partial charge on any atom is 0.0758 e. The first-order valence-electron chi connectivity index (χ1n) is 5.46. The molecule has 0 aliphatic carbocycles. The van der Waals surface area contributed by atoms with E-state index in [0.717, 1.165) is 6.42 Å². The Kier molecular flexibility index (Phi) is 4.59. The van der Waals surface area contributed by atoms with E-state index in [2.05, 4.69) is 0 Å². The van der Waals surface area contributed by atoms with Crippen molar-refractivity contribution in [3.8, 4) is 0 Å². The smallest absolute Gasteiger partial charge is 0.0758 e. The van der Waals surface area contributed by atoms with Gasteiger partial charge in [0.25, 0.3) is 0 Å². The van der Waals surface area contributed by atoms with Crippen LogP contribution in [0.3, 0.4) is 0 Å². The minimum absolute atomic E-state index is 0.133. The Bertz CT molecular complexity index is 357. The van der Waals surface area contributed by atoms with Crippen LogP contribution in [0.5, 0.6) is 0 Å². The van der Waals surface area contributed by atoms with Gasteiger partial charge in [-0.25, -0.2) is 0 Å². The summed E-state index contributed by atoms with van der Waals surface area (Å²) in [6.07, 6.45) is 0.265. The van der Waals surface area contributed by atoms with Crippen LogP contribution < -0.4 is 11.5 Å². The van der Waals surface area contributed by atoms with Gasteiger partial charge in [-0.05, 0) is 29.7 Å². The standard InChI is InChI=1S/C12H19ClN2O/c1-3-7(2)12(16)11(15)9-6-8(13)4-5-10(9)14/h4-7,11-12,16H,3,14-15H2,1-2H3/t7?,11-,12+/m0/s1. The molecule has 0 aliphatic heterocycles. The first kappa shape index (κ1) is 13.3. The van der Waals surface area contributed by atoms with Gasteiger partial charge in [-0.1, -0.05) is 31.9 Å². The fourth-order valence-corrected chi connectivity index (χ4v) is 1.79. The molecule has 0 fully saturated rings. The Morgan fingerprint density at radius 1 is 1.44 bits per heavy atom. The lowest BCUT2D eigenvalue weighted by Gasteiger charge is -2.25. The molecule has 3 nitrogen and oxygen atoms in total. The zero-order chi connectivity index (χ0) is 12.3. The van der Waals surface area contributed by atoms with Crippen molar-refractivity contribution in [1.29, 1.82) is 0 Å². The molecule has 1 aromatic carbocycles. The Morgan fingerprint density at radius 2 is 2.06 bits per heavy atom. The quantitative estimate of drug-likeness (QED) is 0.710. The number of benzene rings is 1. The molecule has 1 rings (SSSR count). The van der Waals surface area contributed by atoms with Crippen LogP contribution >= 0.6 is 11.6 Å². The van der Waals surface area contributed by atoms with Crippen LogP contribution in [0, 0.1) is 5.92 Å². The summed E-state index contributed by atoms with van der Waals surface area (Å²) in [5.74, 6) is 0.133. The van der Waals surface area contributed by atoms with E-state index in [0.29, 0.717) is 16.3 Å². The minimum atomic E-state index is -0.606. The van der Waals surface area contributed by atoms with E-state index in [-0.39, 0.29) is 5.92 Å². The summed E-state index contributed by atoms with van der Waals surface area (Å²) < 4.78 is 0. The molecule has 0 saturated heterocycles. The molecule has 5 N–H and O–H groups in total. The lowest BCUT2D eigenvalue weighted by molar-refractivity contribution is 0.0882. The summed E-state index contributed by atoms with van der Waals surface area (Å²) in [6, 6.07) is 4.64. The summed E-state index contributed by atoms with van der Waals surface area (Å²) in [5, 5.41) is 10.6. The van der Waals surface area contributed by atoms with Gasteiger partial charge in [0, 0.05) is 10.7 Å². The maximum atomic E-state index is 10.0. The highest BCUT2D eigenvalue weighted by molar-refractivity contribution is 6.30. The largest absolute Gasteiger partial charge is 0.398 e. The average molecular weight is 243 g/mol. The first-order chi connectivity index (χ1) is 7.47. The highest BCUT2D eigenvalue weighted by Crippen LogP contribution is 2.28. The Labute approximate surface area is 101 Å². The Balaban J connectivity index is 2.95. The number of hydrogen-bond acceptors (Lipinski definition) is 3. The highest BCUT2D eigenvalue weighted by atomic mass is 35.5. The number of halogens is 1. The number of rotatable bonds is 4. The van der Waals surface area contributed by atoms with Gasteiger partial charge in [0.15, 0.2) is 0 Å². The summed E-state index contributed by atoms with van der Waals surface area (Å²) in [4.78, 5) is 0. The molecule has 0 aromatic heterocycles. The van der Waals surface area contributed by atoms with E-state index >= 15 is 0 Å². The molecule has 1 unspecified atom stereocenters. The van der Waals surface area contributed by atoms with Crippen molar-refractivity contribution in [3.05, 3.63) is 28.8 Å². The second-order valence-electron chi connectivity index (χ2n) is 4.18. The van der Waals surface area contributed by atoms with Gasteiger partial charge in [-0.2, -0.15) is 0 Å². The van der Waals surface area contributed by atoms with Gasteiger partial charge in [0.2, 0.25) is 0 Å². The van der Waals surface area contributed by atoms with Gasteiger partial charge in [-0.3, -0.25) is 0 Å². The molecule has 0 amide bonds. The topological polar surface area (TPSA) is 72.3 Å². The van der Waals surface area contributed by atoms with Crippen LogP contribution in [0.1, 0.15) is 31.9 Å². The van der Waals surface area contributed by atoms with Gasteiger partial charge < -0.3 is 16.6 Å². The third-order valence-corrected chi connectivity index (χ3v) is 3.24. The molecule has 0 aliphatic rings. The molecule has 0 bridgehead atoms. The molecule has 0 radical (unpaired) electrons. The predicted molar refractivity (Wildman–Crippen MR) is 68.3 cm³/mol. The van der Waals surface area contributed by atoms with Gasteiger partial charge in [-0.15, -0.1) is 0 Å². The van der Waals surface area contributed by atoms with Crippen molar-refractivity contribution in [2.75, 3.05) is 5.73 Å². The number of hydrogen-bond donors (Lipinski definition) is 3.